The van der Waals surface area contributed by atoms with Gasteiger partial charge in [-0.2, -0.15) is 0 Å². The highest BCUT2D eigenvalue weighted by Crippen LogP contribution is 2.30. The smallest absolute Gasteiger partial charge is 0.270 e. The first-order valence-electron chi connectivity index (χ1n) is 13.0. The van der Waals surface area contributed by atoms with E-state index in [1.807, 2.05) is 10.3 Å². The summed E-state index contributed by atoms with van der Waals surface area (Å²) in [5, 5.41) is 5.88. The summed E-state index contributed by atoms with van der Waals surface area (Å²) < 4.78 is 15.7. The molecule has 35 heavy (non-hydrogen) atoms. The van der Waals surface area contributed by atoms with Crippen molar-refractivity contribution in [2.24, 2.45) is 0 Å². The van der Waals surface area contributed by atoms with E-state index >= 15 is 0 Å². The molecule has 0 aliphatic carbocycles. The van der Waals surface area contributed by atoms with Crippen LogP contribution < -0.4 is 5.32 Å². The fourth-order valence-corrected chi connectivity index (χ4v) is 5.60. The van der Waals surface area contributed by atoms with E-state index in [0.29, 0.717) is 63.7 Å². The molecule has 2 saturated heterocycles. The van der Waals surface area contributed by atoms with E-state index in [1.54, 1.807) is 18.4 Å². The molecule has 9 nitrogen and oxygen atoms in total. The SMILES string of the molecule is COCCOCCOCC(=O)N1CCC(c2nc(C(=O)NCCCN3CCCCC3C)cs2)CC1. The molecule has 0 aromatic carbocycles. The number of aromatic nitrogens is 1. The quantitative estimate of drug-likeness (QED) is 0.385. The molecule has 1 aromatic rings. The van der Waals surface area contributed by atoms with Crippen molar-refractivity contribution in [2.45, 2.75) is 57.4 Å². The van der Waals surface area contributed by atoms with Gasteiger partial charge in [0.2, 0.25) is 5.91 Å². The number of hydrogen-bond acceptors (Lipinski definition) is 8. The highest BCUT2D eigenvalue weighted by Gasteiger charge is 2.26. The molecule has 3 rings (SSSR count). The molecule has 0 spiro atoms. The monoisotopic (exact) mass is 510 g/mol. The van der Waals surface area contributed by atoms with E-state index in [9.17, 15) is 9.59 Å². The molecule has 2 aliphatic heterocycles. The Labute approximate surface area is 213 Å². The Bertz CT molecular complexity index is 769. The van der Waals surface area contributed by atoms with Crippen LogP contribution in [0.25, 0.3) is 0 Å². The average Bonchev–Trinajstić information content (AvgIpc) is 3.37. The van der Waals surface area contributed by atoms with Crippen molar-refractivity contribution in [3.63, 3.8) is 0 Å². The molecule has 0 saturated carbocycles. The Morgan fingerprint density at radius 2 is 1.86 bits per heavy atom. The highest BCUT2D eigenvalue weighted by molar-refractivity contribution is 7.09. The van der Waals surface area contributed by atoms with Crippen molar-refractivity contribution >= 4 is 23.2 Å². The average molecular weight is 511 g/mol. The lowest BCUT2D eigenvalue weighted by Crippen LogP contribution is -2.40. The van der Waals surface area contributed by atoms with E-state index in [-0.39, 0.29) is 18.4 Å². The van der Waals surface area contributed by atoms with Gasteiger partial charge in [-0.05, 0) is 45.6 Å². The molecule has 1 unspecified atom stereocenters. The van der Waals surface area contributed by atoms with Gasteiger partial charge in [0, 0.05) is 50.6 Å². The Balaban J connectivity index is 1.30. The molecule has 2 amide bonds. The van der Waals surface area contributed by atoms with Gasteiger partial charge in [-0.3, -0.25) is 9.59 Å². The van der Waals surface area contributed by atoms with E-state index in [2.05, 4.69) is 22.1 Å². The molecule has 0 radical (unpaired) electrons. The second-order valence-electron chi connectivity index (χ2n) is 9.37. The summed E-state index contributed by atoms with van der Waals surface area (Å²) in [5.41, 5.74) is 0.510. The Morgan fingerprint density at radius 1 is 1.09 bits per heavy atom. The maximum Gasteiger partial charge on any atom is 0.270 e. The molecule has 2 fully saturated rings. The van der Waals surface area contributed by atoms with E-state index in [4.69, 9.17) is 14.2 Å². The Morgan fingerprint density at radius 3 is 2.63 bits per heavy atom. The topological polar surface area (TPSA) is 93.2 Å². The zero-order valence-corrected chi connectivity index (χ0v) is 22.2. The molecule has 1 aromatic heterocycles. The predicted molar refractivity (Wildman–Crippen MR) is 136 cm³/mol. The lowest BCUT2D eigenvalue weighted by molar-refractivity contribution is -0.137. The van der Waals surface area contributed by atoms with Crippen LogP contribution in [0.1, 0.15) is 66.9 Å². The second-order valence-corrected chi connectivity index (χ2v) is 10.3. The first-order chi connectivity index (χ1) is 17.1. The van der Waals surface area contributed by atoms with Crippen LogP contribution in [0.15, 0.2) is 5.38 Å². The first-order valence-corrected chi connectivity index (χ1v) is 13.9. The summed E-state index contributed by atoms with van der Waals surface area (Å²) >= 11 is 1.55. The van der Waals surface area contributed by atoms with Crippen LogP contribution in [0.2, 0.25) is 0 Å². The zero-order valence-electron chi connectivity index (χ0n) is 21.3. The summed E-state index contributed by atoms with van der Waals surface area (Å²) in [6, 6.07) is 0.653. The van der Waals surface area contributed by atoms with Crippen LogP contribution in [0.5, 0.6) is 0 Å². The van der Waals surface area contributed by atoms with Crippen molar-refractivity contribution in [2.75, 3.05) is 72.9 Å². The fraction of sp³-hybridized carbons (Fsp3) is 0.800. The van der Waals surface area contributed by atoms with Gasteiger partial charge in [0.15, 0.2) is 0 Å². The normalized spacial score (nSPS) is 19.7. The molecule has 3 heterocycles. The standard InChI is InChI=1S/C25H42N4O5S/c1-20-6-3-4-10-28(20)11-5-9-26-24(31)22-19-35-25(27-22)21-7-12-29(13-8-21)23(30)18-34-17-16-33-15-14-32-2/h19-21H,3-18H2,1-2H3,(H,26,31). The largest absolute Gasteiger partial charge is 0.382 e. The molecule has 1 N–H and O–H groups in total. The van der Waals surface area contributed by atoms with Crippen LogP contribution in [0, 0.1) is 0 Å². The number of thiazole rings is 1. The highest BCUT2D eigenvalue weighted by atomic mass is 32.1. The fourth-order valence-electron chi connectivity index (χ4n) is 4.63. The lowest BCUT2D eigenvalue weighted by atomic mass is 9.97. The van der Waals surface area contributed by atoms with E-state index in [1.165, 1.54) is 25.8 Å². The minimum atomic E-state index is -0.0878. The number of rotatable bonds is 14. The molecule has 0 bridgehead atoms. The zero-order chi connectivity index (χ0) is 24.9. The summed E-state index contributed by atoms with van der Waals surface area (Å²) in [6.07, 6.45) is 6.56. The maximum atomic E-state index is 12.5. The number of ether oxygens (including phenoxy) is 3. The third-order valence-electron chi connectivity index (χ3n) is 6.83. The van der Waals surface area contributed by atoms with Crippen molar-refractivity contribution in [1.82, 2.24) is 20.1 Å². The number of methoxy groups -OCH3 is 1. The Hall–Kier alpha value is -1.59. The summed E-state index contributed by atoms with van der Waals surface area (Å²) in [7, 11) is 1.63. The van der Waals surface area contributed by atoms with Crippen LogP contribution in [-0.4, -0.2) is 106 Å². The van der Waals surface area contributed by atoms with Crippen molar-refractivity contribution < 1.29 is 23.8 Å². The van der Waals surface area contributed by atoms with Gasteiger partial charge >= 0.3 is 0 Å². The summed E-state index contributed by atoms with van der Waals surface area (Å²) in [4.78, 5) is 33.9. The minimum absolute atomic E-state index is 0.0125. The van der Waals surface area contributed by atoms with Crippen LogP contribution in [0.3, 0.4) is 0 Å². The maximum absolute atomic E-state index is 12.5. The van der Waals surface area contributed by atoms with Gasteiger partial charge in [0.1, 0.15) is 12.3 Å². The van der Waals surface area contributed by atoms with E-state index < -0.39 is 0 Å². The second kappa shape index (κ2) is 15.5. The van der Waals surface area contributed by atoms with Gasteiger partial charge in [0.25, 0.3) is 5.91 Å². The van der Waals surface area contributed by atoms with Crippen molar-refractivity contribution in [3.05, 3.63) is 16.1 Å². The number of amides is 2. The van der Waals surface area contributed by atoms with Crippen molar-refractivity contribution in [3.8, 4) is 0 Å². The number of nitrogens with zero attached hydrogens (tertiary/aromatic N) is 3. The molecular weight excluding hydrogens is 468 g/mol. The van der Waals surface area contributed by atoms with Gasteiger partial charge in [-0.15, -0.1) is 11.3 Å². The third-order valence-corrected chi connectivity index (χ3v) is 7.84. The number of carbonyl (C=O) groups excluding carboxylic acids is 2. The van der Waals surface area contributed by atoms with Gasteiger partial charge in [0.05, 0.1) is 31.4 Å². The lowest BCUT2D eigenvalue weighted by Gasteiger charge is -2.33. The number of nitrogens with one attached hydrogen (secondary N) is 1. The van der Waals surface area contributed by atoms with Gasteiger partial charge in [-0.1, -0.05) is 6.42 Å². The van der Waals surface area contributed by atoms with E-state index in [0.717, 1.165) is 30.8 Å². The van der Waals surface area contributed by atoms with Gasteiger partial charge < -0.3 is 29.3 Å². The predicted octanol–water partition coefficient (Wildman–Crippen LogP) is 2.52. The number of carbonyl (C=O) groups is 2. The summed E-state index contributed by atoms with van der Waals surface area (Å²) in [5.74, 6) is 0.218. The van der Waals surface area contributed by atoms with Crippen LogP contribution in [0.4, 0.5) is 0 Å². The summed E-state index contributed by atoms with van der Waals surface area (Å²) in [6.45, 7) is 8.57. The molecule has 2 aliphatic rings. The number of piperidine rings is 2. The number of hydrogen-bond donors (Lipinski definition) is 1. The first kappa shape index (κ1) is 28.0. The third kappa shape index (κ3) is 9.42. The molecular formula is C25H42N4O5S. The minimum Gasteiger partial charge on any atom is -0.382 e. The van der Waals surface area contributed by atoms with Gasteiger partial charge in [-0.25, -0.2) is 4.98 Å². The van der Waals surface area contributed by atoms with Crippen LogP contribution in [-0.2, 0) is 19.0 Å². The molecule has 10 heteroatoms. The molecule has 1 atom stereocenters. The molecule has 198 valence electrons. The van der Waals surface area contributed by atoms with Crippen LogP contribution >= 0.6 is 11.3 Å². The number of likely N-dealkylation sites (tertiary alicyclic amines) is 2. The van der Waals surface area contributed by atoms with Crippen molar-refractivity contribution in [1.29, 1.82) is 0 Å². The Kier molecular flexibility index (Phi) is 12.4.